The van der Waals surface area contributed by atoms with Crippen molar-refractivity contribution >= 4 is 22.4 Å². The van der Waals surface area contributed by atoms with Crippen molar-refractivity contribution in [2.45, 2.75) is 13.8 Å². The first-order chi connectivity index (χ1) is 13.6. The summed E-state index contributed by atoms with van der Waals surface area (Å²) >= 11 is 0. The molecular weight excluding hydrogens is 348 g/mol. The largest absolute Gasteiger partial charge is 0.455 e. The van der Waals surface area contributed by atoms with Gasteiger partial charge < -0.3 is 10.1 Å². The molecule has 0 spiro atoms. The molecule has 1 N–H and O–H groups in total. The average Bonchev–Trinajstić information content (AvgIpc) is 2.71. The van der Waals surface area contributed by atoms with Gasteiger partial charge in [0.15, 0.2) is 0 Å². The fraction of sp³-hybridized carbons (Fsp3) is 0.0870. The zero-order valence-electron chi connectivity index (χ0n) is 15.6. The fourth-order valence-electron chi connectivity index (χ4n) is 2.91. The summed E-state index contributed by atoms with van der Waals surface area (Å²) < 4.78 is 6.01. The monoisotopic (exact) mass is 366 g/mol. The average molecular weight is 366 g/mol. The molecule has 4 rings (SSSR count). The highest BCUT2D eigenvalue weighted by molar-refractivity contribution is 5.91. The summed E-state index contributed by atoms with van der Waals surface area (Å²) in [7, 11) is 0. The van der Waals surface area contributed by atoms with E-state index >= 15 is 0 Å². The maximum absolute atomic E-state index is 6.01. The van der Waals surface area contributed by atoms with Gasteiger partial charge in [0.1, 0.15) is 17.3 Å². The van der Waals surface area contributed by atoms with Crippen LogP contribution in [0.4, 0.5) is 11.5 Å². The van der Waals surface area contributed by atoms with Crippen molar-refractivity contribution < 1.29 is 4.74 Å². The highest BCUT2D eigenvalue weighted by atomic mass is 16.5. The summed E-state index contributed by atoms with van der Waals surface area (Å²) in [6.07, 6.45) is 7.26. The van der Waals surface area contributed by atoms with Crippen molar-refractivity contribution in [3.8, 4) is 23.8 Å². The van der Waals surface area contributed by atoms with Crippen LogP contribution in [-0.2, 0) is 0 Å². The summed E-state index contributed by atoms with van der Waals surface area (Å²) in [6, 6.07) is 17.4. The first kappa shape index (κ1) is 17.5. The lowest BCUT2D eigenvalue weighted by molar-refractivity contribution is 0.472. The van der Waals surface area contributed by atoms with Gasteiger partial charge in [0.25, 0.3) is 0 Å². The molecule has 0 aliphatic rings. The second-order valence-corrected chi connectivity index (χ2v) is 6.35. The first-order valence-electron chi connectivity index (χ1n) is 8.84. The van der Waals surface area contributed by atoms with Crippen LogP contribution in [0.5, 0.6) is 11.5 Å². The number of ether oxygens (including phenoxy) is 1. The molecule has 0 fully saturated rings. The lowest BCUT2D eigenvalue weighted by atomic mass is 10.2. The van der Waals surface area contributed by atoms with Crippen molar-refractivity contribution in [2.75, 3.05) is 5.32 Å². The lowest BCUT2D eigenvalue weighted by Crippen LogP contribution is -2.00. The van der Waals surface area contributed by atoms with E-state index in [0.29, 0.717) is 11.6 Å². The minimum atomic E-state index is 0.352. The van der Waals surface area contributed by atoms with Crippen LogP contribution in [0.25, 0.3) is 10.9 Å². The van der Waals surface area contributed by atoms with Gasteiger partial charge in [0.05, 0.1) is 11.2 Å². The summed E-state index contributed by atoms with van der Waals surface area (Å²) in [6.45, 7) is 3.92. The maximum Gasteiger partial charge on any atom is 0.207 e. The van der Waals surface area contributed by atoms with E-state index in [-0.39, 0.29) is 0 Å². The highest BCUT2D eigenvalue weighted by Crippen LogP contribution is 2.30. The van der Waals surface area contributed by atoms with Crippen LogP contribution in [-0.4, -0.2) is 15.0 Å². The van der Waals surface area contributed by atoms with E-state index in [4.69, 9.17) is 11.2 Å². The number of para-hydroxylation sites is 1. The van der Waals surface area contributed by atoms with Crippen LogP contribution < -0.4 is 10.1 Å². The van der Waals surface area contributed by atoms with Gasteiger partial charge in [-0.3, -0.25) is 4.98 Å². The second-order valence-electron chi connectivity index (χ2n) is 6.35. The number of terminal acetylenes is 1. The molecule has 0 unspecified atom stereocenters. The Balaban J connectivity index is 1.65. The molecule has 2 aromatic heterocycles. The standard InChI is InChI=1S/C23H18N4O/c1-4-22-26-19-9-6-5-8-18(19)23(27-22)25-17-11-12-20(15(2)14-17)28-21-10-7-13-24-16(21)3/h1,5-14H,2-3H3,(H,25,26,27). The van der Waals surface area contributed by atoms with Crippen LogP contribution in [0.1, 0.15) is 17.1 Å². The molecule has 4 aromatic rings. The third-order valence-electron chi connectivity index (χ3n) is 4.35. The number of aryl methyl sites for hydroxylation is 2. The molecule has 0 saturated carbocycles. The van der Waals surface area contributed by atoms with E-state index in [1.807, 2.05) is 68.4 Å². The van der Waals surface area contributed by atoms with Crippen LogP contribution in [0.15, 0.2) is 60.8 Å². The zero-order valence-corrected chi connectivity index (χ0v) is 15.6. The smallest absolute Gasteiger partial charge is 0.207 e. The molecule has 2 heterocycles. The molecule has 5 nitrogen and oxygen atoms in total. The van der Waals surface area contributed by atoms with E-state index in [9.17, 15) is 0 Å². The van der Waals surface area contributed by atoms with Gasteiger partial charge in [0, 0.05) is 17.3 Å². The molecule has 0 aliphatic heterocycles. The number of hydrogen-bond acceptors (Lipinski definition) is 5. The number of fused-ring (bicyclic) bond motifs is 1. The Labute approximate surface area is 163 Å². The number of benzene rings is 2. The van der Waals surface area contributed by atoms with Crippen LogP contribution >= 0.6 is 0 Å². The molecule has 0 amide bonds. The Bertz CT molecular complexity index is 1210. The maximum atomic E-state index is 6.01. The molecule has 28 heavy (non-hydrogen) atoms. The topological polar surface area (TPSA) is 59.9 Å². The SMILES string of the molecule is C#Cc1nc(Nc2ccc(Oc3cccnc3C)c(C)c2)c2ccccc2n1. The summed E-state index contributed by atoms with van der Waals surface area (Å²) in [5.74, 6) is 5.06. The summed E-state index contributed by atoms with van der Waals surface area (Å²) in [5, 5.41) is 4.26. The number of hydrogen-bond donors (Lipinski definition) is 1. The number of rotatable bonds is 4. The molecule has 5 heteroatoms. The lowest BCUT2D eigenvalue weighted by Gasteiger charge is -2.13. The van der Waals surface area contributed by atoms with Gasteiger partial charge in [-0.05, 0) is 67.8 Å². The Hall–Kier alpha value is -3.91. The third kappa shape index (κ3) is 3.49. The number of aromatic nitrogens is 3. The highest BCUT2D eigenvalue weighted by Gasteiger charge is 2.09. The molecule has 2 aromatic carbocycles. The van der Waals surface area contributed by atoms with Crippen LogP contribution in [0.2, 0.25) is 0 Å². The summed E-state index contributed by atoms with van der Waals surface area (Å²) in [5.41, 5.74) is 3.53. The van der Waals surface area contributed by atoms with E-state index < -0.39 is 0 Å². The van der Waals surface area contributed by atoms with Gasteiger partial charge in [-0.15, -0.1) is 6.42 Å². The predicted molar refractivity (Wildman–Crippen MR) is 111 cm³/mol. The molecule has 0 radical (unpaired) electrons. The van der Waals surface area contributed by atoms with E-state index in [1.165, 1.54) is 0 Å². The summed E-state index contributed by atoms with van der Waals surface area (Å²) in [4.78, 5) is 13.1. The predicted octanol–water partition coefficient (Wildman–Crippen LogP) is 5.16. The van der Waals surface area contributed by atoms with Crippen molar-refractivity contribution in [3.05, 3.63) is 77.9 Å². The molecule has 0 aliphatic carbocycles. The minimum absolute atomic E-state index is 0.352. The molecule has 136 valence electrons. The molecule has 0 saturated heterocycles. The van der Waals surface area contributed by atoms with Crippen molar-refractivity contribution in [1.82, 2.24) is 15.0 Å². The van der Waals surface area contributed by atoms with Gasteiger partial charge in [0.2, 0.25) is 5.82 Å². The number of anilines is 2. The van der Waals surface area contributed by atoms with Gasteiger partial charge >= 0.3 is 0 Å². The van der Waals surface area contributed by atoms with Gasteiger partial charge in [-0.2, -0.15) is 0 Å². The Kier molecular flexibility index (Phi) is 4.61. The molecule has 0 bridgehead atoms. The van der Waals surface area contributed by atoms with E-state index in [0.717, 1.165) is 39.3 Å². The first-order valence-corrected chi connectivity index (χ1v) is 8.84. The van der Waals surface area contributed by atoms with Crippen molar-refractivity contribution in [3.63, 3.8) is 0 Å². The molecule has 0 atom stereocenters. The van der Waals surface area contributed by atoms with E-state index in [2.05, 4.69) is 26.2 Å². The van der Waals surface area contributed by atoms with Gasteiger partial charge in [-0.25, -0.2) is 9.97 Å². The fourth-order valence-corrected chi connectivity index (χ4v) is 2.91. The number of nitrogens with zero attached hydrogens (tertiary/aromatic N) is 3. The van der Waals surface area contributed by atoms with Crippen molar-refractivity contribution in [1.29, 1.82) is 0 Å². The normalized spacial score (nSPS) is 10.5. The van der Waals surface area contributed by atoms with Crippen molar-refractivity contribution in [2.24, 2.45) is 0 Å². The van der Waals surface area contributed by atoms with Crippen LogP contribution in [0, 0.1) is 26.2 Å². The Morgan fingerprint density at radius 3 is 2.61 bits per heavy atom. The minimum Gasteiger partial charge on any atom is -0.455 e. The van der Waals surface area contributed by atoms with Crippen LogP contribution in [0.3, 0.4) is 0 Å². The third-order valence-corrected chi connectivity index (χ3v) is 4.35. The molecular formula is C23H18N4O. The quantitative estimate of drug-likeness (QED) is 0.506. The Morgan fingerprint density at radius 2 is 1.82 bits per heavy atom. The zero-order chi connectivity index (χ0) is 19.5. The number of pyridine rings is 1. The van der Waals surface area contributed by atoms with E-state index in [1.54, 1.807) is 6.20 Å². The second kappa shape index (κ2) is 7.37. The Morgan fingerprint density at radius 1 is 0.964 bits per heavy atom. The number of nitrogens with one attached hydrogen (secondary N) is 1. The van der Waals surface area contributed by atoms with Gasteiger partial charge in [-0.1, -0.05) is 12.1 Å².